The third-order valence-corrected chi connectivity index (χ3v) is 2.11. The molecule has 0 spiro atoms. The van der Waals surface area contributed by atoms with E-state index in [9.17, 15) is 12.9 Å². The quantitative estimate of drug-likeness (QED) is 0.545. The SMILES string of the molecule is CC(C)c1ccc([B-](F)(F)F)cc1N.[K+]. The molecule has 78 valence electrons. The molecule has 0 saturated heterocycles. The maximum absolute atomic E-state index is 12.3. The third-order valence-electron chi connectivity index (χ3n) is 2.11. The van der Waals surface area contributed by atoms with Crippen LogP contribution in [0.4, 0.5) is 18.6 Å². The first-order valence-corrected chi connectivity index (χ1v) is 4.41. The zero-order valence-corrected chi connectivity index (χ0v) is 12.2. The summed E-state index contributed by atoms with van der Waals surface area (Å²) in [4.78, 5) is 0. The number of hydrogen-bond acceptors (Lipinski definition) is 1. The van der Waals surface area contributed by atoms with Gasteiger partial charge in [-0.05, 0) is 11.5 Å². The zero-order chi connectivity index (χ0) is 10.9. The van der Waals surface area contributed by atoms with Crippen molar-refractivity contribution in [1.29, 1.82) is 0 Å². The normalized spacial score (nSPS) is 11.3. The first-order valence-electron chi connectivity index (χ1n) is 4.41. The van der Waals surface area contributed by atoms with E-state index in [1.807, 2.05) is 13.8 Å². The summed E-state index contributed by atoms with van der Waals surface area (Å²) in [6.07, 6.45) is 0. The van der Waals surface area contributed by atoms with Crippen molar-refractivity contribution in [3.8, 4) is 0 Å². The molecule has 0 aliphatic rings. The average molecular weight is 241 g/mol. The summed E-state index contributed by atoms with van der Waals surface area (Å²) in [5.41, 5.74) is 5.87. The minimum Gasteiger partial charge on any atom is -0.445 e. The summed E-state index contributed by atoms with van der Waals surface area (Å²) in [5, 5.41) is 0. The minimum atomic E-state index is -4.94. The van der Waals surface area contributed by atoms with E-state index in [1.54, 1.807) is 0 Å². The molecule has 0 fully saturated rings. The van der Waals surface area contributed by atoms with Gasteiger partial charge in [0.05, 0.1) is 0 Å². The molecule has 0 heterocycles. The predicted octanol–water partition coefficient (Wildman–Crippen LogP) is -0.549. The van der Waals surface area contributed by atoms with Crippen LogP contribution in [0.1, 0.15) is 25.3 Å². The summed E-state index contributed by atoms with van der Waals surface area (Å²) in [5.74, 6) is 0.143. The van der Waals surface area contributed by atoms with Crippen LogP contribution in [0.15, 0.2) is 18.2 Å². The molecule has 15 heavy (non-hydrogen) atoms. The van der Waals surface area contributed by atoms with Gasteiger partial charge in [-0.25, -0.2) is 0 Å². The Labute approximate surface area is 130 Å². The van der Waals surface area contributed by atoms with Gasteiger partial charge >= 0.3 is 58.4 Å². The minimum absolute atomic E-state index is 0. The van der Waals surface area contributed by atoms with Gasteiger partial charge in [0.2, 0.25) is 0 Å². The van der Waals surface area contributed by atoms with Gasteiger partial charge in [-0.15, -0.1) is 5.46 Å². The molecule has 0 aliphatic heterocycles. The van der Waals surface area contributed by atoms with E-state index < -0.39 is 12.4 Å². The number of hydrogen-bond donors (Lipinski definition) is 1. The van der Waals surface area contributed by atoms with Crippen LogP contribution in [0.25, 0.3) is 0 Å². The fourth-order valence-corrected chi connectivity index (χ4v) is 1.32. The Morgan fingerprint density at radius 3 is 2.07 bits per heavy atom. The van der Waals surface area contributed by atoms with Gasteiger partial charge in [0, 0.05) is 5.69 Å². The van der Waals surface area contributed by atoms with Gasteiger partial charge in [0.1, 0.15) is 0 Å². The van der Waals surface area contributed by atoms with Gasteiger partial charge in [-0.3, -0.25) is 0 Å². The van der Waals surface area contributed by atoms with Crippen LogP contribution in [-0.4, -0.2) is 6.98 Å². The Morgan fingerprint density at radius 1 is 1.20 bits per heavy atom. The van der Waals surface area contributed by atoms with Crippen molar-refractivity contribution < 1.29 is 64.3 Å². The molecule has 0 saturated carbocycles. The van der Waals surface area contributed by atoms with Crippen LogP contribution in [0.3, 0.4) is 0 Å². The Bertz CT molecular complexity index is 339. The summed E-state index contributed by atoms with van der Waals surface area (Å²) in [7, 11) is 0. The maximum Gasteiger partial charge on any atom is 1.00 e. The molecule has 1 rings (SSSR count). The van der Waals surface area contributed by atoms with E-state index in [4.69, 9.17) is 5.73 Å². The van der Waals surface area contributed by atoms with Crippen molar-refractivity contribution >= 4 is 18.1 Å². The fourth-order valence-electron chi connectivity index (χ4n) is 1.32. The van der Waals surface area contributed by atoms with Gasteiger partial charge in [-0.1, -0.05) is 32.0 Å². The molecule has 6 heteroatoms. The number of nitrogen functional groups attached to an aromatic ring is 1. The number of anilines is 1. The second-order valence-corrected chi connectivity index (χ2v) is 3.62. The summed E-state index contributed by atoms with van der Waals surface area (Å²) >= 11 is 0. The second kappa shape index (κ2) is 5.72. The standard InChI is InChI=1S/C9H12BF3N.K/c1-6(2)8-4-3-7(5-9(8)14)10(11,12)13;/h3-6H,14H2,1-2H3;/q-1;+1. The third kappa shape index (κ3) is 4.11. The molecule has 1 aromatic rings. The number of halogens is 3. The molecule has 0 atom stereocenters. The van der Waals surface area contributed by atoms with E-state index in [2.05, 4.69) is 0 Å². The summed E-state index contributed by atoms with van der Waals surface area (Å²) in [6, 6.07) is 3.55. The molecular formula is C9H12BF3KN. The van der Waals surface area contributed by atoms with Crippen LogP contribution in [0, 0.1) is 0 Å². The van der Waals surface area contributed by atoms with E-state index in [0.29, 0.717) is 0 Å². The molecule has 0 bridgehead atoms. The number of rotatable bonds is 2. The van der Waals surface area contributed by atoms with E-state index in [0.717, 1.165) is 17.7 Å². The number of nitrogens with two attached hydrogens (primary N) is 1. The van der Waals surface area contributed by atoms with Gasteiger partial charge in [0.25, 0.3) is 0 Å². The molecular weight excluding hydrogens is 229 g/mol. The van der Waals surface area contributed by atoms with Gasteiger partial charge in [-0.2, -0.15) is 0 Å². The molecule has 0 aliphatic carbocycles. The van der Waals surface area contributed by atoms with Crippen molar-refractivity contribution in [3.05, 3.63) is 23.8 Å². The topological polar surface area (TPSA) is 26.0 Å². The molecule has 1 nitrogen and oxygen atoms in total. The van der Waals surface area contributed by atoms with E-state index >= 15 is 0 Å². The van der Waals surface area contributed by atoms with Crippen molar-refractivity contribution in [2.45, 2.75) is 19.8 Å². The first-order chi connectivity index (χ1) is 6.32. The number of benzene rings is 1. The molecule has 0 amide bonds. The molecule has 0 aromatic heterocycles. The summed E-state index contributed by atoms with van der Waals surface area (Å²) < 4.78 is 36.9. The van der Waals surface area contributed by atoms with Crippen molar-refractivity contribution in [3.63, 3.8) is 0 Å². The van der Waals surface area contributed by atoms with Crippen molar-refractivity contribution in [2.24, 2.45) is 0 Å². The molecule has 0 radical (unpaired) electrons. The second-order valence-electron chi connectivity index (χ2n) is 3.62. The van der Waals surface area contributed by atoms with Crippen LogP contribution in [0.2, 0.25) is 0 Å². The van der Waals surface area contributed by atoms with Crippen LogP contribution in [-0.2, 0) is 0 Å². The van der Waals surface area contributed by atoms with Crippen LogP contribution in [0.5, 0.6) is 0 Å². The van der Waals surface area contributed by atoms with Gasteiger partial charge < -0.3 is 18.7 Å². The van der Waals surface area contributed by atoms with E-state index in [1.165, 1.54) is 6.07 Å². The predicted molar refractivity (Wildman–Crippen MR) is 53.7 cm³/mol. The molecule has 1 aromatic carbocycles. The Balaban J connectivity index is 0.00000196. The van der Waals surface area contributed by atoms with E-state index in [-0.39, 0.29) is 63.0 Å². The average Bonchev–Trinajstić information content (AvgIpc) is 2.01. The monoisotopic (exact) mass is 241 g/mol. The summed E-state index contributed by atoms with van der Waals surface area (Å²) in [6.45, 7) is -1.15. The molecule has 0 unspecified atom stereocenters. The Kier molecular flexibility index (Phi) is 5.92. The fraction of sp³-hybridized carbons (Fsp3) is 0.333. The Hall–Kier alpha value is 0.511. The first kappa shape index (κ1) is 15.5. The van der Waals surface area contributed by atoms with Crippen LogP contribution < -0.4 is 62.6 Å². The largest absolute Gasteiger partial charge is 1.00 e. The van der Waals surface area contributed by atoms with Gasteiger partial charge in [0.15, 0.2) is 0 Å². The molecule has 2 N–H and O–H groups in total. The Morgan fingerprint density at radius 2 is 1.73 bits per heavy atom. The van der Waals surface area contributed by atoms with Crippen molar-refractivity contribution in [2.75, 3.05) is 5.73 Å². The van der Waals surface area contributed by atoms with Crippen LogP contribution >= 0.6 is 0 Å². The van der Waals surface area contributed by atoms with Crippen molar-refractivity contribution in [1.82, 2.24) is 0 Å². The smallest absolute Gasteiger partial charge is 0.445 e. The zero-order valence-electron chi connectivity index (χ0n) is 9.10. The maximum atomic E-state index is 12.3.